The van der Waals surface area contributed by atoms with Crippen molar-refractivity contribution in [3.8, 4) is 5.75 Å². The number of rotatable bonds is 3. The quantitative estimate of drug-likeness (QED) is 0.496. The van der Waals surface area contributed by atoms with Gasteiger partial charge in [0.15, 0.2) is 0 Å². The fraction of sp³-hybridized carbons (Fsp3) is 0.0435. The van der Waals surface area contributed by atoms with Gasteiger partial charge in [0.25, 0.3) is 5.91 Å². The van der Waals surface area contributed by atoms with Gasteiger partial charge in [0.05, 0.1) is 16.9 Å². The van der Waals surface area contributed by atoms with E-state index in [2.05, 4.69) is 0 Å². The zero-order valence-electron chi connectivity index (χ0n) is 15.7. The predicted octanol–water partition coefficient (Wildman–Crippen LogP) is 5.92. The maximum absolute atomic E-state index is 13.4. The van der Waals surface area contributed by atoms with Crippen molar-refractivity contribution in [3.05, 3.63) is 86.9 Å². The summed E-state index contributed by atoms with van der Waals surface area (Å²) >= 11 is 12.6. The Labute approximate surface area is 182 Å². The van der Waals surface area contributed by atoms with Gasteiger partial charge in [-0.2, -0.15) is 0 Å². The number of hydrogen-bond donors (Lipinski definition) is 2. The molecule has 0 bridgehead atoms. The average molecular weight is 440 g/mol. The van der Waals surface area contributed by atoms with Crippen LogP contribution in [0.25, 0.3) is 11.6 Å². The number of carboxylic acid groups (broad SMARTS) is 1. The average Bonchev–Trinajstić information content (AvgIpc) is 2.97. The lowest BCUT2D eigenvalue weighted by Gasteiger charge is -2.18. The highest BCUT2D eigenvalue weighted by molar-refractivity contribution is 6.41. The first kappa shape index (κ1) is 20.0. The zero-order chi connectivity index (χ0) is 21.6. The number of carbonyl (C=O) groups is 2. The van der Waals surface area contributed by atoms with E-state index in [-0.39, 0.29) is 11.5 Å². The van der Waals surface area contributed by atoms with Crippen LogP contribution in [0.4, 0.5) is 11.4 Å². The van der Waals surface area contributed by atoms with Crippen molar-refractivity contribution in [2.45, 2.75) is 6.92 Å². The Morgan fingerprint density at radius 1 is 1.03 bits per heavy atom. The summed E-state index contributed by atoms with van der Waals surface area (Å²) in [6, 6.07) is 14.6. The molecular weight excluding hydrogens is 425 g/mol. The molecule has 0 spiro atoms. The van der Waals surface area contributed by atoms with E-state index in [1.54, 1.807) is 30.3 Å². The van der Waals surface area contributed by atoms with Crippen LogP contribution in [0.2, 0.25) is 10.0 Å². The third-order valence-corrected chi connectivity index (χ3v) is 5.61. The molecule has 1 aliphatic rings. The predicted molar refractivity (Wildman–Crippen MR) is 118 cm³/mol. The largest absolute Gasteiger partial charge is 0.507 e. The van der Waals surface area contributed by atoms with Crippen LogP contribution in [0, 0.1) is 6.92 Å². The lowest BCUT2D eigenvalue weighted by atomic mass is 9.99. The van der Waals surface area contributed by atoms with Crippen LogP contribution in [0.15, 0.2) is 54.6 Å². The molecule has 1 amide bonds. The topological polar surface area (TPSA) is 77.8 Å². The number of phenols is 1. The minimum atomic E-state index is -1.25. The summed E-state index contributed by atoms with van der Waals surface area (Å²) in [7, 11) is 0. The number of aryl methyl sites for hydroxylation is 1. The Morgan fingerprint density at radius 3 is 2.33 bits per heavy atom. The molecule has 7 heteroatoms. The van der Waals surface area contributed by atoms with E-state index in [1.165, 1.54) is 23.1 Å². The van der Waals surface area contributed by atoms with Crippen molar-refractivity contribution in [1.82, 2.24) is 0 Å². The number of fused-ring (bicyclic) bond motifs is 1. The van der Waals surface area contributed by atoms with Crippen LogP contribution >= 0.6 is 23.2 Å². The summed E-state index contributed by atoms with van der Waals surface area (Å²) in [6.07, 6.45) is 1.66. The number of hydrogen-bond acceptors (Lipinski definition) is 3. The van der Waals surface area contributed by atoms with Gasteiger partial charge in [-0.05, 0) is 48.9 Å². The standard InChI is InChI=1S/C23H15Cl2NO4/c1-12-4-2-7-19-21(12)16(11-15-17(24)5-3-6-18(15)25)22(28)26(19)13-8-9-14(23(29)30)20(27)10-13/h2-11,27H,1H3,(H,29,30)/b16-11+. The molecule has 4 rings (SSSR count). The molecule has 0 aliphatic carbocycles. The van der Waals surface area contributed by atoms with Gasteiger partial charge in [0, 0.05) is 27.2 Å². The number of benzene rings is 3. The minimum Gasteiger partial charge on any atom is -0.507 e. The van der Waals surface area contributed by atoms with Crippen molar-refractivity contribution >= 4 is 58.1 Å². The molecule has 1 aliphatic heterocycles. The molecule has 150 valence electrons. The van der Waals surface area contributed by atoms with Crippen LogP contribution in [0.5, 0.6) is 5.75 Å². The lowest BCUT2D eigenvalue weighted by Crippen LogP contribution is -2.20. The fourth-order valence-corrected chi connectivity index (χ4v) is 4.06. The SMILES string of the molecule is Cc1cccc2c1/C(=C\c1c(Cl)cccc1Cl)C(=O)N2c1ccc(C(=O)O)c(O)c1. The van der Waals surface area contributed by atoms with Gasteiger partial charge < -0.3 is 10.2 Å². The number of amides is 1. The zero-order valence-corrected chi connectivity index (χ0v) is 17.2. The second-order valence-electron chi connectivity index (χ2n) is 6.81. The Kier molecular flexibility index (Phi) is 5.02. The second-order valence-corrected chi connectivity index (χ2v) is 7.62. The monoisotopic (exact) mass is 439 g/mol. The van der Waals surface area contributed by atoms with E-state index in [4.69, 9.17) is 28.3 Å². The summed E-state index contributed by atoms with van der Waals surface area (Å²) in [5.74, 6) is -2.01. The molecule has 0 saturated carbocycles. The molecule has 0 aromatic heterocycles. The van der Waals surface area contributed by atoms with E-state index in [0.29, 0.717) is 32.6 Å². The number of anilines is 2. The third-order valence-electron chi connectivity index (χ3n) is 4.95. The minimum absolute atomic E-state index is 0.242. The smallest absolute Gasteiger partial charge is 0.339 e. The Balaban J connectivity index is 1.92. The number of carbonyl (C=O) groups excluding carboxylic acids is 1. The van der Waals surface area contributed by atoms with Crippen molar-refractivity contribution in [3.63, 3.8) is 0 Å². The van der Waals surface area contributed by atoms with E-state index in [0.717, 1.165) is 11.1 Å². The van der Waals surface area contributed by atoms with Crippen LogP contribution in [-0.2, 0) is 4.79 Å². The fourth-order valence-electron chi connectivity index (χ4n) is 3.55. The number of nitrogens with zero attached hydrogens (tertiary/aromatic N) is 1. The molecule has 0 atom stereocenters. The molecule has 30 heavy (non-hydrogen) atoms. The summed E-state index contributed by atoms with van der Waals surface area (Å²) in [5, 5.41) is 20.1. The highest BCUT2D eigenvalue weighted by atomic mass is 35.5. The first-order valence-electron chi connectivity index (χ1n) is 8.96. The van der Waals surface area contributed by atoms with Gasteiger partial charge >= 0.3 is 5.97 Å². The highest BCUT2D eigenvalue weighted by Gasteiger charge is 2.35. The molecular formula is C23H15Cl2NO4. The van der Waals surface area contributed by atoms with Crippen molar-refractivity contribution in [2.75, 3.05) is 4.90 Å². The molecule has 0 radical (unpaired) electrons. The first-order chi connectivity index (χ1) is 14.3. The van der Waals surface area contributed by atoms with Gasteiger partial charge in [0.1, 0.15) is 11.3 Å². The van der Waals surface area contributed by atoms with E-state index in [9.17, 15) is 14.7 Å². The molecule has 0 unspecified atom stereocenters. The van der Waals surface area contributed by atoms with Crippen LogP contribution in [0.3, 0.4) is 0 Å². The summed E-state index contributed by atoms with van der Waals surface area (Å²) in [6.45, 7) is 1.89. The Morgan fingerprint density at radius 2 is 1.70 bits per heavy atom. The van der Waals surface area contributed by atoms with Crippen molar-refractivity contribution in [1.29, 1.82) is 0 Å². The highest BCUT2D eigenvalue weighted by Crippen LogP contribution is 2.45. The first-order valence-corrected chi connectivity index (χ1v) is 9.71. The number of aromatic carboxylic acids is 1. The van der Waals surface area contributed by atoms with Gasteiger partial charge in [-0.3, -0.25) is 9.69 Å². The number of carboxylic acids is 1. The summed E-state index contributed by atoms with van der Waals surface area (Å²) in [5.41, 5.74) is 3.27. The van der Waals surface area contributed by atoms with Gasteiger partial charge in [-0.1, -0.05) is 41.4 Å². The van der Waals surface area contributed by atoms with E-state index >= 15 is 0 Å². The number of aromatic hydroxyl groups is 1. The molecule has 2 N–H and O–H groups in total. The third kappa shape index (κ3) is 3.22. The molecule has 1 heterocycles. The van der Waals surface area contributed by atoms with E-state index in [1.807, 2.05) is 19.1 Å². The van der Waals surface area contributed by atoms with Crippen molar-refractivity contribution < 1.29 is 19.8 Å². The summed E-state index contributed by atoms with van der Waals surface area (Å²) < 4.78 is 0. The van der Waals surface area contributed by atoms with Crippen molar-refractivity contribution in [2.24, 2.45) is 0 Å². The molecule has 5 nitrogen and oxygen atoms in total. The normalized spacial score (nSPS) is 14.3. The second kappa shape index (κ2) is 7.52. The Hall–Kier alpha value is -3.28. The van der Waals surface area contributed by atoms with Crippen LogP contribution in [0.1, 0.15) is 27.0 Å². The maximum atomic E-state index is 13.4. The summed E-state index contributed by atoms with van der Waals surface area (Å²) in [4.78, 5) is 26.1. The number of halogens is 2. The van der Waals surface area contributed by atoms with Gasteiger partial charge in [-0.25, -0.2) is 4.79 Å². The molecule has 3 aromatic carbocycles. The van der Waals surface area contributed by atoms with Crippen LogP contribution < -0.4 is 4.90 Å². The molecule has 0 fully saturated rings. The van der Waals surface area contributed by atoms with Gasteiger partial charge in [-0.15, -0.1) is 0 Å². The molecule has 3 aromatic rings. The maximum Gasteiger partial charge on any atom is 0.339 e. The lowest BCUT2D eigenvalue weighted by molar-refractivity contribution is -0.112. The van der Waals surface area contributed by atoms with E-state index < -0.39 is 11.7 Å². The Bertz CT molecular complexity index is 1230. The van der Waals surface area contributed by atoms with Crippen LogP contribution in [-0.4, -0.2) is 22.1 Å². The van der Waals surface area contributed by atoms with Gasteiger partial charge in [0.2, 0.25) is 0 Å². The molecule has 0 saturated heterocycles.